The van der Waals surface area contributed by atoms with Crippen molar-refractivity contribution >= 4 is 16.3 Å². The Morgan fingerprint density at radius 1 is 1.40 bits per heavy atom. The first-order chi connectivity index (χ1) is 9.85. The van der Waals surface area contributed by atoms with E-state index in [9.17, 15) is 0 Å². The van der Waals surface area contributed by atoms with E-state index in [-0.39, 0.29) is 0 Å². The fourth-order valence-electron chi connectivity index (χ4n) is 2.24. The quantitative estimate of drug-likeness (QED) is 0.736. The van der Waals surface area contributed by atoms with Crippen molar-refractivity contribution in [2.75, 3.05) is 6.61 Å². The maximum atomic E-state index is 9.06. The zero-order chi connectivity index (χ0) is 13.9. The Kier molecular flexibility index (Phi) is 3.40. The maximum Gasteiger partial charge on any atom is 0.194 e. The molecular weight excluding hydrogens is 270 g/mol. The van der Waals surface area contributed by atoms with Gasteiger partial charge in [-0.15, -0.1) is 11.3 Å². The number of imidazole rings is 1. The van der Waals surface area contributed by atoms with Gasteiger partial charge in [-0.1, -0.05) is 12.1 Å². The number of nitrogens with zero attached hydrogens (tertiary/aromatic N) is 3. The van der Waals surface area contributed by atoms with Crippen LogP contribution in [-0.2, 0) is 6.42 Å². The van der Waals surface area contributed by atoms with E-state index < -0.39 is 0 Å². The molecule has 100 valence electrons. The molecule has 4 nitrogen and oxygen atoms in total. The molecule has 0 atom stereocenters. The third-order valence-electron chi connectivity index (χ3n) is 3.05. The Morgan fingerprint density at radius 3 is 3.05 bits per heavy atom. The second-order valence-corrected chi connectivity index (χ2v) is 5.10. The molecule has 0 aliphatic heterocycles. The van der Waals surface area contributed by atoms with E-state index in [2.05, 4.69) is 11.1 Å². The Labute approximate surface area is 120 Å². The Hall–Kier alpha value is -2.32. The van der Waals surface area contributed by atoms with Crippen LogP contribution in [0.25, 0.3) is 16.2 Å². The number of fused-ring (bicyclic) bond motifs is 1. The molecule has 3 aromatic rings. The van der Waals surface area contributed by atoms with E-state index in [1.165, 1.54) is 0 Å². The minimum atomic E-state index is 0.327. The minimum absolute atomic E-state index is 0.327. The Morgan fingerprint density at radius 2 is 2.25 bits per heavy atom. The number of para-hydroxylation sites is 1. The molecule has 20 heavy (non-hydrogen) atoms. The fourth-order valence-corrected chi connectivity index (χ4v) is 2.97. The van der Waals surface area contributed by atoms with E-state index in [1.54, 1.807) is 11.3 Å². The van der Waals surface area contributed by atoms with Crippen LogP contribution in [0.15, 0.2) is 35.8 Å². The summed E-state index contributed by atoms with van der Waals surface area (Å²) in [6.07, 6.45) is 2.28. The van der Waals surface area contributed by atoms with Crippen LogP contribution in [0.3, 0.4) is 0 Å². The molecule has 0 N–H and O–H groups in total. The average Bonchev–Trinajstić information content (AvgIpc) is 3.03. The van der Waals surface area contributed by atoms with Gasteiger partial charge in [-0.3, -0.25) is 4.40 Å². The van der Waals surface area contributed by atoms with E-state index >= 15 is 0 Å². The first-order valence-corrected chi connectivity index (χ1v) is 7.26. The van der Waals surface area contributed by atoms with Crippen molar-refractivity contribution in [3.05, 3.63) is 41.5 Å². The maximum absolute atomic E-state index is 9.06. The highest BCUT2D eigenvalue weighted by molar-refractivity contribution is 7.15. The topological polar surface area (TPSA) is 50.3 Å². The first kappa shape index (κ1) is 12.7. The van der Waals surface area contributed by atoms with Crippen LogP contribution in [0.1, 0.15) is 12.6 Å². The molecule has 0 saturated carbocycles. The smallest absolute Gasteiger partial charge is 0.194 e. The van der Waals surface area contributed by atoms with E-state index in [0.717, 1.165) is 27.7 Å². The summed E-state index contributed by atoms with van der Waals surface area (Å²) >= 11 is 1.56. The fraction of sp³-hybridized carbons (Fsp3) is 0.200. The summed E-state index contributed by atoms with van der Waals surface area (Å²) in [5.74, 6) is 0.806. The molecule has 3 rings (SSSR count). The van der Waals surface area contributed by atoms with Crippen molar-refractivity contribution in [3.8, 4) is 23.1 Å². The van der Waals surface area contributed by atoms with Gasteiger partial charge in [0.05, 0.1) is 30.5 Å². The van der Waals surface area contributed by atoms with Crippen LogP contribution >= 0.6 is 11.3 Å². The summed E-state index contributed by atoms with van der Waals surface area (Å²) < 4.78 is 7.65. The van der Waals surface area contributed by atoms with Crippen molar-refractivity contribution in [2.24, 2.45) is 0 Å². The van der Waals surface area contributed by atoms with Gasteiger partial charge < -0.3 is 4.74 Å². The number of thiazole rings is 1. The predicted octanol–water partition coefficient (Wildman–Crippen LogP) is 3.53. The zero-order valence-electron chi connectivity index (χ0n) is 11.0. The van der Waals surface area contributed by atoms with Gasteiger partial charge in [-0.25, -0.2) is 4.98 Å². The standard InChI is InChI=1S/C15H13N3OS/c1-2-19-13-6-4-3-5-11(13)14-12(7-8-16)18-9-10-20-15(18)17-14/h3-6,9-10H,2,7H2,1H3. The molecule has 0 aliphatic rings. The monoisotopic (exact) mass is 283 g/mol. The molecule has 0 aliphatic carbocycles. The Bertz CT molecular complexity index is 782. The number of benzene rings is 1. The lowest BCUT2D eigenvalue weighted by molar-refractivity contribution is 0.341. The molecule has 5 heteroatoms. The summed E-state index contributed by atoms with van der Waals surface area (Å²) in [5.41, 5.74) is 2.69. The third-order valence-corrected chi connectivity index (χ3v) is 3.81. The van der Waals surface area contributed by atoms with Crippen LogP contribution in [0.4, 0.5) is 0 Å². The van der Waals surface area contributed by atoms with Crippen molar-refractivity contribution in [3.63, 3.8) is 0 Å². The van der Waals surface area contributed by atoms with Crippen molar-refractivity contribution < 1.29 is 4.74 Å². The molecule has 0 spiro atoms. The molecule has 0 amide bonds. The highest BCUT2D eigenvalue weighted by atomic mass is 32.1. The van der Waals surface area contributed by atoms with Crippen LogP contribution < -0.4 is 4.74 Å². The molecule has 0 bridgehead atoms. The summed E-state index contributed by atoms with van der Waals surface area (Å²) in [5, 5.41) is 11.0. The van der Waals surface area contributed by atoms with Gasteiger partial charge in [-0.05, 0) is 19.1 Å². The summed E-state index contributed by atoms with van der Waals surface area (Å²) in [7, 11) is 0. The highest BCUT2D eigenvalue weighted by Gasteiger charge is 2.17. The number of ether oxygens (including phenoxy) is 1. The molecule has 0 fully saturated rings. The Balaban J connectivity index is 2.21. The predicted molar refractivity (Wildman–Crippen MR) is 79.0 cm³/mol. The van der Waals surface area contributed by atoms with Crippen LogP contribution in [-0.4, -0.2) is 16.0 Å². The first-order valence-electron chi connectivity index (χ1n) is 6.38. The van der Waals surface area contributed by atoms with Crippen molar-refractivity contribution in [1.29, 1.82) is 5.26 Å². The van der Waals surface area contributed by atoms with Crippen LogP contribution in [0.5, 0.6) is 5.75 Å². The largest absolute Gasteiger partial charge is 0.493 e. The van der Waals surface area contributed by atoms with Gasteiger partial charge in [0.15, 0.2) is 4.96 Å². The molecule has 0 radical (unpaired) electrons. The molecule has 0 unspecified atom stereocenters. The number of hydrogen-bond donors (Lipinski definition) is 0. The molecule has 1 aromatic carbocycles. The summed E-state index contributed by atoms with van der Waals surface area (Å²) in [6, 6.07) is 10.0. The van der Waals surface area contributed by atoms with Gasteiger partial charge in [0.2, 0.25) is 0 Å². The van der Waals surface area contributed by atoms with E-state index in [1.807, 2.05) is 47.2 Å². The normalized spacial score (nSPS) is 10.6. The number of hydrogen-bond acceptors (Lipinski definition) is 4. The molecule has 0 saturated heterocycles. The summed E-state index contributed by atoms with van der Waals surface area (Å²) in [4.78, 5) is 5.55. The SMILES string of the molecule is CCOc1ccccc1-c1nc2sccn2c1CC#N. The lowest BCUT2D eigenvalue weighted by Gasteiger charge is -2.09. The van der Waals surface area contributed by atoms with Gasteiger partial charge in [0.25, 0.3) is 0 Å². The van der Waals surface area contributed by atoms with E-state index in [0.29, 0.717) is 13.0 Å². The highest BCUT2D eigenvalue weighted by Crippen LogP contribution is 2.33. The van der Waals surface area contributed by atoms with Crippen molar-refractivity contribution in [1.82, 2.24) is 9.38 Å². The number of nitriles is 1. The average molecular weight is 283 g/mol. The van der Waals surface area contributed by atoms with Gasteiger partial charge >= 0.3 is 0 Å². The number of rotatable bonds is 4. The van der Waals surface area contributed by atoms with Crippen LogP contribution in [0, 0.1) is 11.3 Å². The van der Waals surface area contributed by atoms with Crippen molar-refractivity contribution in [2.45, 2.75) is 13.3 Å². The zero-order valence-corrected chi connectivity index (χ0v) is 11.9. The van der Waals surface area contributed by atoms with Gasteiger partial charge in [-0.2, -0.15) is 5.26 Å². The van der Waals surface area contributed by atoms with Gasteiger partial charge in [0, 0.05) is 17.1 Å². The molecule has 2 heterocycles. The van der Waals surface area contributed by atoms with Crippen LogP contribution in [0.2, 0.25) is 0 Å². The third kappa shape index (κ3) is 2.04. The van der Waals surface area contributed by atoms with E-state index in [4.69, 9.17) is 10.00 Å². The lowest BCUT2D eigenvalue weighted by Crippen LogP contribution is -1.96. The second kappa shape index (κ2) is 5.35. The lowest BCUT2D eigenvalue weighted by atomic mass is 10.1. The summed E-state index contributed by atoms with van der Waals surface area (Å²) in [6.45, 7) is 2.56. The number of aromatic nitrogens is 2. The molecular formula is C15H13N3OS. The van der Waals surface area contributed by atoms with Gasteiger partial charge in [0.1, 0.15) is 5.75 Å². The minimum Gasteiger partial charge on any atom is -0.493 e. The molecule has 2 aromatic heterocycles. The second-order valence-electron chi connectivity index (χ2n) is 4.23.